The summed E-state index contributed by atoms with van der Waals surface area (Å²) < 4.78 is 49.0. The third-order valence-electron chi connectivity index (χ3n) is 7.65. The van der Waals surface area contributed by atoms with Crippen molar-refractivity contribution < 1.29 is 37.0 Å². The zero-order valence-corrected chi connectivity index (χ0v) is 27.9. The summed E-state index contributed by atoms with van der Waals surface area (Å²) in [4.78, 5) is 51.8. The average molecular weight is 696 g/mol. The molecule has 266 valence electrons. The van der Waals surface area contributed by atoms with E-state index in [2.05, 4.69) is 22.2 Å². The lowest BCUT2D eigenvalue weighted by molar-refractivity contribution is -0.158. The van der Waals surface area contributed by atoms with Gasteiger partial charge in [0.15, 0.2) is 0 Å². The smallest absolute Gasteiger partial charge is 0.435 e. The van der Waals surface area contributed by atoms with E-state index in [-0.39, 0.29) is 30.2 Å². The summed E-state index contributed by atoms with van der Waals surface area (Å²) in [6.07, 6.45) is -1.31. The van der Waals surface area contributed by atoms with E-state index in [1.54, 1.807) is 60.7 Å². The Morgan fingerprint density at radius 3 is 2.44 bits per heavy atom. The number of fused-ring (bicyclic) bond motifs is 1. The molecule has 12 nitrogen and oxygen atoms in total. The molecule has 0 unspecified atom stereocenters. The number of alkyl halides is 3. The molecule has 2 aromatic carbocycles. The number of pyridine rings is 1. The van der Waals surface area contributed by atoms with Crippen LogP contribution in [0.3, 0.4) is 0 Å². The molecule has 15 heteroatoms. The molecule has 4 aromatic rings. The Balaban J connectivity index is 1.39. The van der Waals surface area contributed by atoms with Crippen LogP contribution in [-0.2, 0) is 27.9 Å². The van der Waals surface area contributed by atoms with Crippen LogP contribution in [0.2, 0.25) is 0 Å². The van der Waals surface area contributed by atoms with Crippen molar-refractivity contribution in [2.24, 2.45) is 17.8 Å². The first kappa shape index (κ1) is 37.4. The molecule has 0 saturated heterocycles. The highest BCUT2D eigenvalue weighted by Gasteiger charge is 2.28. The number of nitrogens with one attached hydrogen (secondary N) is 1. The van der Waals surface area contributed by atoms with Gasteiger partial charge in [-0.25, -0.2) is 14.8 Å². The molecule has 0 atom stereocenters. The Morgan fingerprint density at radius 1 is 0.980 bits per heavy atom. The molecule has 0 aliphatic heterocycles. The van der Waals surface area contributed by atoms with Crippen LogP contribution in [-0.4, -0.2) is 64.3 Å². The fourth-order valence-electron chi connectivity index (χ4n) is 4.91. The van der Waals surface area contributed by atoms with Crippen LogP contribution >= 0.6 is 0 Å². The highest BCUT2D eigenvalue weighted by atomic mass is 19.4. The maximum absolute atomic E-state index is 13.7. The van der Waals surface area contributed by atoms with Gasteiger partial charge in [-0.3, -0.25) is 14.5 Å². The number of amides is 2. The molecule has 0 aliphatic rings. The number of rotatable bonds is 16. The van der Waals surface area contributed by atoms with Gasteiger partial charge >= 0.3 is 18.2 Å². The third-order valence-corrected chi connectivity index (χ3v) is 7.65. The van der Waals surface area contributed by atoms with E-state index < -0.39 is 37.2 Å². The molecule has 50 heavy (non-hydrogen) atoms. The average Bonchev–Trinajstić information content (AvgIpc) is 3.41. The molecule has 0 spiro atoms. The molecular formula is C35H40F3N7O5. The number of carbonyl (C=O) groups excluding carboxylic acids is 3. The SMILES string of the molecule is CCCCCCOC(=O)/N=C(\N)c1ccc(NCc2nc3cc(C(=O)N(CCC(=O)OCCC(F)(F)F)c4ccccn4)ccc3n2C)cc1. The van der Waals surface area contributed by atoms with Crippen molar-refractivity contribution in [2.75, 3.05) is 30.0 Å². The van der Waals surface area contributed by atoms with Gasteiger partial charge in [0.2, 0.25) is 0 Å². The van der Waals surface area contributed by atoms with Gasteiger partial charge in [0, 0.05) is 36.6 Å². The normalized spacial score (nSPS) is 11.7. The zero-order valence-electron chi connectivity index (χ0n) is 27.9. The van der Waals surface area contributed by atoms with Crippen molar-refractivity contribution in [3.8, 4) is 0 Å². The van der Waals surface area contributed by atoms with Gasteiger partial charge in [-0.1, -0.05) is 32.3 Å². The minimum absolute atomic E-state index is 0.0540. The number of aryl methyl sites for hydroxylation is 1. The Morgan fingerprint density at radius 2 is 1.74 bits per heavy atom. The van der Waals surface area contributed by atoms with E-state index in [0.717, 1.165) is 36.9 Å². The number of halogens is 3. The van der Waals surface area contributed by atoms with Gasteiger partial charge < -0.3 is 25.1 Å². The maximum Gasteiger partial charge on any atom is 0.435 e. The van der Waals surface area contributed by atoms with Gasteiger partial charge in [-0.05, 0) is 61.0 Å². The second-order valence-electron chi connectivity index (χ2n) is 11.4. The number of unbranched alkanes of at least 4 members (excludes halogenated alkanes) is 3. The van der Waals surface area contributed by atoms with Crippen LogP contribution in [0, 0.1) is 0 Å². The number of aromatic nitrogens is 3. The van der Waals surface area contributed by atoms with Gasteiger partial charge in [0.1, 0.15) is 17.5 Å². The molecule has 2 amide bonds. The first-order chi connectivity index (χ1) is 23.9. The molecule has 0 bridgehead atoms. The number of esters is 1. The largest absolute Gasteiger partial charge is 0.465 e. The first-order valence-corrected chi connectivity index (χ1v) is 16.2. The highest BCUT2D eigenvalue weighted by Crippen LogP contribution is 2.22. The Hall–Kier alpha value is -5.47. The lowest BCUT2D eigenvalue weighted by atomic mass is 10.1. The summed E-state index contributed by atoms with van der Waals surface area (Å²) in [5, 5.41) is 3.30. The molecule has 0 fully saturated rings. The second-order valence-corrected chi connectivity index (χ2v) is 11.4. The van der Waals surface area contributed by atoms with Crippen LogP contribution in [0.15, 0.2) is 71.9 Å². The number of imidazole rings is 1. The predicted octanol–water partition coefficient (Wildman–Crippen LogP) is 6.54. The quantitative estimate of drug-likeness (QED) is 0.0576. The van der Waals surface area contributed by atoms with Gasteiger partial charge in [-0.2, -0.15) is 18.2 Å². The van der Waals surface area contributed by atoms with Gasteiger partial charge in [0.25, 0.3) is 5.91 Å². The number of ether oxygens (including phenoxy) is 2. The van der Waals surface area contributed by atoms with Crippen molar-refractivity contribution in [2.45, 2.75) is 58.2 Å². The summed E-state index contributed by atoms with van der Waals surface area (Å²) >= 11 is 0. The zero-order chi connectivity index (χ0) is 36.1. The standard InChI is InChI=1S/C35H40F3N7O5/c1-3-4-5-8-20-50-34(48)43-32(39)24-10-13-26(14-11-24)41-23-30-42-27-22-25(12-15-28(27)44(30)2)33(47)45(29-9-6-7-18-40-29)19-16-31(46)49-21-17-35(36,37)38/h6-7,9-15,18,22,41H,3-5,8,16-17,19-21,23H2,1-2H3,(H2,39,43,48). The van der Waals surface area contributed by atoms with Crippen LogP contribution < -0.4 is 16.0 Å². The number of nitrogens with zero attached hydrogens (tertiary/aromatic N) is 5. The maximum atomic E-state index is 13.7. The Bertz CT molecular complexity index is 1780. The van der Waals surface area contributed by atoms with Crippen molar-refractivity contribution in [3.05, 3.63) is 83.8 Å². The summed E-state index contributed by atoms with van der Waals surface area (Å²) in [6, 6.07) is 17.0. The molecule has 0 aliphatic carbocycles. The summed E-state index contributed by atoms with van der Waals surface area (Å²) in [7, 11) is 1.85. The van der Waals surface area contributed by atoms with Crippen molar-refractivity contribution >= 4 is 46.3 Å². The number of anilines is 2. The molecule has 4 rings (SSSR count). The monoisotopic (exact) mass is 695 g/mol. The number of carbonyl (C=O) groups is 3. The van der Waals surface area contributed by atoms with Gasteiger partial charge in [-0.15, -0.1) is 0 Å². The lowest BCUT2D eigenvalue weighted by Crippen LogP contribution is -2.34. The summed E-state index contributed by atoms with van der Waals surface area (Å²) in [5.74, 6) is -0.330. The van der Waals surface area contributed by atoms with E-state index in [1.165, 1.54) is 11.1 Å². The first-order valence-electron chi connectivity index (χ1n) is 16.2. The van der Waals surface area contributed by atoms with Gasteiger partial charge in [0.05, 0.1) is 43.6 Å². The number of nitrogens with two attached hydrogens (primary N) is 1. The van der Waals surface area contributed by atoms with E-state index in [0.29, 0.717) is 30.1 Å². The van der Waals surface area contributed by atoms with Crippen LogP contribution in [0.25, 0.3) is 11.0 Å². The molecule has 0 radical (unpaired) electrons. The molecule has 2 heterocycles. The fourth-order valence-corrected chi connectivity index (χ4v) is 4.91. The van der Waals surface area contributed by atoms with E-state index in [1.807, 2.05) is 11.6 Å². The third kappa shape index (κ3) is 11.0. The topological polar surface area (TPSA) is 154 Å². The number of hydrogen-bond acceptors (Lipinski definition) is 8. The Kier molecular flexibility index (Phi) is 13.3. The van der Waals surface area contributed by atoms with Crippen molar-refractivity contribution in [1.29, 1.82) is 0 Å². The van der Waals surface area contributed by atoms with E-state index in [4.69, 9.17) is 20.2 Å². The molecule has 0 saturated carbocycles. The van der Waals surface area contributed by atoms with Crippen molar-refractivity contribution in [1.82, 2.24) is 14.5 Å². The summed E-state index contributed by atoms with van der Waals surface area (Å²) in [5.41, 5.74) is 8.94. The number of amidine groups is 1. The van der Waals surface area contributed by atoms with Crippen molar-refractivity contribution in [3.63, 3.8) is 0 Å². The lowest BCUT2D eigenvalue weighted by Gasteiger charge is -2.21. The van der Waals surface area contributed by atoms with Crippen LogP contribution in [0.1, 0.15) is 67.2 Å². The predicted molar refractivity (Wildman–Crippen MR) is 183 cm³/mol. The Labute approximate surface area is 287 Å². The second kappa shape index (κ2) is 17.8. The molecule has 2 aromatic heterocycles. The van der Waals surface area contributed by atoms with E-state index in [9.17, 15) is 27.6 Å². The minimum atomic E-state index is -4.45. The number of hydrogen-bond donors (Lipinski definition) is 2. The fraction of sp³-hybridized carbons (Fsp3) is 0.371. The number of benzene rings is 2. The minimum Gasteiger partial charge on any atom is -0.465 e. The highest BCUT2D eigenvalue weighted by molar-refractivity contribution is 6.07. The molecular weight excluding hydrogens is 655 g/mol. The van der Waals surface area contributed by atoms with Crippen LogP contribution in [0.4, 0.5) is 29.5 Å². The summed E-state index contributed by atoms with van der Waals surface area (Å²) in [6.45, 7) is 1.81. The van der Waals surface area contributed by atoms with E-state index >= 15 is 0 Å². The number of aliphatic imine (C=N–C) groups is 1. The molecule has 3 N–H and O–H groups in total. The van der Waals surface area contributed by atoms with Crippen LogP contribution in [0.5, 0.6) is 0 Å².